The van der Waals surface area contributed by atoms with Crippen LogP contribution in [0.3, 0.4) is 0 Å². The third kappa shape index (κ3) is 3.80. The summed E-state index contributed by atoms with van der Waals surface area (Å²) in [6.45, 7) is 2.21. The van der Waals surface area contributed by atoms with E-state index in [1.807, 2.05) is 0 Å². The molecule has 0 aliphatic heterocycles. The van der Waals surface area contributed by atoms with Crippen molar-refractivity contribution < 1.29 is 0 Å². The highest BCUT2D eigenvalue weighted by Gasteiger charge is 2.22. The van der Waals surface area contributed by atoms with Crippen LogP contribution in [0, 0.1) is 0 Å². The summed E-state index contributed by atoms with van der Waals surface area (Å²) in [5.74, 6) is 0. The molecule has 1 aromatic rings. The highest BCUT2D eigenvalue weighted by Crippen LogP contribution is 2.26. The maximum absolute atomic E-state index is 3.65. The second-order valence-corrected chi connectivity index (χ2v) is 6.34. The van der Waals surface area contributed by atoms with Crippen molar-refractivity contribution in [1.29, 1.82) is 0 Å². The molecule has 0 amide bonds. The molecule has 0 heterocycles. The SMILES string of the molecule is BrCCN(Cc1ccccc1Br)C1CCCC1. The van der Waals surface area contributed by atoms with Crippen molar-refractivity contribution in [3.8, 4) is 0 Å². The molecule has 1 saturated carbocycles. The van der Waals surface area contributed by atoms with E-state index in [0.717, 1.165) is 24.5 Å². The lowest BCUT2D eigenvalue weighted by atomic mass is 10.1. The van der Waals surface area contributed by atoms with Gasteiger partial charge in [0.1, 0.15) is 0 Å². The summed E-state index contributed by atoms with van der Waals surface area (Å²) >= 11 is 7.22. The maximum atomic E-state index is 3.65. The molecule has 3 heteroatoms. The molecular weight excluding hydrogens is 342 g/mol. The van der Waals surface area contributed by atoms with Crippen molar-refractivity contribution in [3.05, 3.63) is 34.3 Å². The lowest BCUT2D eigenvalue weighted by Crippen LogP contribution is -2.34. The Hall–Kier alpha value is 0.140. The van der Waals surface area contributed by atoms with Gasteiger partial charge in [0.15, 0.2) is 0 Å². The van der Waals surface area contributed by atoms with Crippen LogP contribution in [0.15, 0.2) is 28.7 Å². The summed E-state index contributed by atoms with van der Waals surface area (Å²) in [6, 6.07) is 9.36. The van der Waals surface area contributed by atoms with Crippen LogP contribution in [-0.2, 0) is 6.54 Å². The van der Waals surface area contributed by atoms with Crippen LogP contribution in [-0.4, -0.2) is 22.8 Å². The first-order valence-electron chi connectivity index (χ1n) is 6.34. The van der Waals surface area contributed by atoms with Gasteiger partial charge in [0.05, 0.1) is 0 Å². The van der Waals surface area contributed by atoms with Gasteiger partial charge in [0, 0.05) is 28.9 Å². The molecule has 1 aromatic carbocycles. The lowest BCUT2D eigenvalue weighted by Gasteiger charge is -2.28. The number of hydrogen-bond acceptors (Lipinski definition) is 1. The molecule has 0 bridgehead atoms. The molecule has 17 heavy (non-hydrogen) atoms. The second-order valence-electron chi connectivity index (χ2n) is 4.69. The Labute approximate surface area is 121 Å². The third-order valence-electron chi connectivity index (χ3n) is 3.54. The van der Waals surface area contributed by atoms with Crippen LogP contribution in [0.4, 0.5) is 0 Å². The van der Waals surface area contributed by atoms with Gasteiger partial charge in [-0.2, -0.15) is 0 Å². The van der Waals surface area contributed by atoms with Crippen LogP contribution in [0.1, 0.15) is 31.2 Å². The maximum Gasteiger partial charge on any atom is 0.0248 e. The molecule has 0 N–H and O–H groups in total. The molecular formula is C14H19Br2N. The molecule has 1 nitrogen and oxygen atoms in total. The van der Waals surface area contributed by atoms with Gasteiger partial charge in [-0.25, -0.2) is 0 Å². The van der Waals surface area contributed by atoms with E-state index in [4.69, 9.17) is 0 Å². The van der Waals surface area contributed by atoms with Crippen molar-refractivity contribution in [1.82, 2.24) is 4.90 Å². The van der Waals surface area contributed by atoms with Gasteiger partial charge in [0.25, 0.3) is 0 Å². The van der Waals surface area contributed by atoms with Crippen molar-refractivity contribution in [3.63, 3.8) is 0 Å². The van der Waals surface area contributed by atoms with Crippen molar-refractivity contribution in [2.45, 2.75) is 38.3 Å². The fraction of sp³-hybridized carbons (Fsp3) is 0.571. The monoisotopic (exact) mass is 359 g/mol. The van der Waals surface area contributed by atoms with Gasteiger partial charge in [-0.05, 0) is 24.5 Å². The molecule has 1 fully saturated rings. The number of rotatable bonds is 5. The quantitative estimate of drug-likeness (QED) is 0.694. The number of benzene rings is 1. The predicted molar refractivity (Wildman–Crippen MR) is 80.6 cm³/mol. The van der Waals surface area contributed by atoms with E-state index < -0.39 is 0 Å². The van der Waals surface area contributed by atoms with Gasteiger partial charge in [-0.3, -0.25) is 4.90 Å². The smallest absolute Gasteiger partial charge is 0.0248 e. The van der Waals surface area contributed by atoms with Gasteiger partial charge in [0.2, 0.25) is 0 Å². The standard InChI is InChI=1S/C14H19Br2N/c15-9-10-17(13-6-2-3-7-13)11-12-5-1-4-8-14(12)16/h1,4-5,8,13H,2-3,6-7,9-11H2. The van der Waals surface area contributed by atoms with E-state index in [9.17, 15) is 0 Å². The molecule has 0 saturated heterocycles. The van der Waals surface area contributed by atoms with E-state index in [1.165, 1.54) is 35.7 Å². The first-order chi connectivity index (χ1) is 8.31. The minimum absolute atomic E-state index is 0.791. The Morgan fingerprint density at radius 2 is 1.88 bits per heavy atom. The Morgan fingerprint density at radius 1 is 1.18 bits per heavy atom. The zero-order valence-electron chi connectivity index (χ0n) is 10.0. The third-order valence-corrected chi connectivity index (χ3v) is 4.67. The van der Waals surface area contributed by atoms with E-state index in [0.29, 0.717) is 0 Å². The topological polar surface area (TPSA) is 3.24 Å². The summed E-state index contributed by atoms with van der Waals surface area (Å²) < 4.78 is 1.23. The Morgan fingerprint density at radius 3 is 2.53 bits per heavy atom. The van der Waals surface area contributed by atoms with Crippen molar-refractivity contribution >= 4 is 31.9 Å². The van der Waals surface area contributed by atoms with E-state index in [-0.39, 0.29) is 0 Å². The van der Waals surface area contributed by atoms with Crippen LogP contribution >= 0.6 is 31.9 Å². The highest BCUT2D eigenvalue weighted by atomic mass is 79.9. The Kier molecular flexibility index (Phi) is 5.51. The van der Waals surface area contributed by atoms with E-state index >= 15 is 0 Å². The number of hydrogen-bond donors (Lipinski definition) is 0. The van der Waals surface area contributed by atoms with Crippen LogP contribution in [0.2, 0.25) is 0 Å². The predicted octanol–water partition coefficient (Wildman–Crippen LogP) is 4.59. The minimum atomic E-state index is 0.791. The van der Waals surface area contributed by atoms with E-state index in [2.05, 4.69) is 61.0 Å². The molecule has 0 atom stereocenters. The first-order valence-corrected chi connectivity index (χ1v) is 8.26. The Bertz CT molecular complexity index is 348. The number of alkyl halides is 1. The molecule has 94 valence electrons. The van der Waals surface area contributed by atoms with Gasteiger partial charge >= 0.3 is 0 Å². The summed E-state index contributed by atoms with van der Waals surface area (Å²) in [5.41, 5.74) is 1.40. The van der Waals surface area contributed by atoms with Crippen molar-refractivity contribution in [2.75, 3.05) is 11.9 Å². The van der Waals surface area contributed by atoms with Gasteiger partial charge in [-0.1, -0.05) is 62.9 Å². The fourth-order valence-electron chi connectivity index (χ4n) is 2.61. The molecule has 0 radical (unpaired) electrons. The van der Waals surface area contributed by atoms with E-state index in [1.54, 1.807) is 0 Å². The highest BCUT2D eigenvalue weighted by molar-refractivity contribution is 9.10. The molecule has 2 rings (SSSR count). The Balaban J connectivity index is 2.04. The average Bonchev–Trinajstić information content (AvgIpc) is 2.85. The summed E-state index contributed by atoms with van der Waals surface area (Å²) in [4.78, 5) is 2.63. The summed E-state index contributed by atoms with van der Waals surface area (Å²) in [5, 5.41) is 1.06. The van der Waals surface area contributed by atoms with Gasteiger partial charge < -0.3 is 0 Å². The minimum Gasteiger partial charge on any atom is -0.295 e. The van der Waals surface area contributed by atoms with Crippen LogP contribution < -0.4 is 0 Å². The molecule has 0 spiro atoms. The largest absolute Gasteiger partial charge is 0.295 e. The van der Waals surface area contributed by atoms with Crippen molar-refractivity contribution in [2.24, 2.45) is 0 Å². The van der Waals surface area contributed by atoms with Gasteiger partial charge in [-0.15, -0.1) is 0 Å². The second kappa shape index (κ2) is 6.91. The summed E-state index contributed by atoms with van der Waals surface area (Å²) in [7, 11) is 0. The summed E-state index contributed by atoms with van der Waals surface area (Å²) in [6.07, 6.45) is 5.55. The first kappa shape index (κ1) is 13.6. The molecule has 1 aliphatic rings. The van der Waals surface area contributed by atoms with Crippen LogP contribution in [0.5, 0.6) is 0 Å². The normalized spacial score (nSPS) is 16.9. The fourth-order valence-corrected chi connectivity index (χ4v) is 3.48. The molecule has 1 aliphatic carbocycles. The number of halogens is 2. The average molecular weight is 361 g/mol. The zero-order chi connectivity index (χ0) is 12.1. The van der Waals surface area contributed by atoms with Crippen LogP contribution in [0.25, 0.3) is 0 Å². The molecule has 0 aromatic heterocycles. The molecule has 0 unspecified atom stereocenters. The lowest BCUT2D eigenvalue weighted by molar-refractivity contribution is 0.202. The zero-order valence-corrected chi connectivity index (χ0v) is 13.2. The number of nitrogens with zero attached hydrogens (tertiary/aromatic N) is 1.